The van der Waals surface area contributed by atoms with Gasteiger partial charge in [0.2, 0.25) is 0 Å². The molecule has 0 saturated carbocycles. The van der Waals surface area contributed by atoms with E-state index in [0.29, 0.717) is 0 Å². The van der Waals surface area contributed by atoms with E-state index in [1.807, 2.05) is 13.0 Å². The first-order valence-electron chi connectivity index (χ1n) is 3.53. The number of carbonyl (C=O) groups excluding carboxylic acids is 4. The topological polar surface area (TPSA) is 68.3 Å². The Balaban J connectivity index is -0.000000245. The van der Waals surface area contributed by atoms with Crippen LogP contribution in [0.25, 0.3) is 0 Å². The van der Waals surface area contributed by atoms with Gasteiger partial charge in [0.05, 0.1) is 0 Å². The molecule has 0 N–H and O–H groups in total. The Kier molecular flexibility index (Phi) is 20.9. The fourth-order valence-corrected chi connectivity index (χ4v) is 2.18. The van der Waals surface area contributed by atoms with Gasteiger partial charge in [-0.2, -0.15) is 0 Å². The SMILES string of the molecule is CC1=CC[C]([Mn]([Cl])[CH]=O)=C1.[C]=O.[C]=O.[C]=O. The van der Waals surface area contributed by atoms with Crippen LogP contribution in [0.4, 0.5) is 0 Å². The Labute approximate surface area is 103 Å². The van der Waals surface area contributed by atoms with Crippen molar-refractivity contribution in [1.82, 2.24) is 0 Å². The van der Waals surface area contributed by atoms with Crippen LogP contribution in [0, 0.1) is 0 Å². The minimum atomic E-state index is -1.36. The van der Waals surface area contributed by atoms with Crippen molar-refractivity contribution in [2.45, 2.75) is 13.3 Å². The summed E-state index contributed by atoms with van der Waals surface area (Å²) in [6, 6.07) is 0. The predicted octanol–water partition coefficient (Wildman–Crippen LogP) is 0.991. The van der Waals surface area contributed by atoms with Crippen LogP contribution >= 0.6 is 10.1 Å². The molecule has 0 amide bonds. The Hall–Kier alpha value is -1.03. The van der Waals surface area contributed by atoms with Gasteiger partial charge in [-0.1, -0.05) is 0 Å². The molecule has 1 aliphatic rings. The number of hydrogen-bond acceptors (Lipinski definition) is 4. The molecule has 6 heteroatoms. The Morgan fingerprint density at radius 2 is 1.69 bits per heavy atom. The van der Waals surface area contributed by atoms with Crippen LogP contribution in [0.15, 0.2) is 22.2 Å². The summed E-state index contributed by atoms with van der Waals surface area (Å²) in [6.07, 6.45) is 4.98. The van der Waals surface area contributed by atoms with E-state index < -0.39 is 13.0 Å². The summed E-state index contributed by atoms with van der Waals surface area (Å²) in [5, 5.41) is 0.868. The van der Waals surface area contributed by atoms with E-state index in [1.54, 1.807) is 0 Å². The van der Waals surface area contributed by atoms with Gasteiger partial charge >= 0.3 is 68.6 Å². The Bertz CT molecular complexity index is 248. The molecule has 16 heavy (non-hydrogen) atoms. The van der Waals surface area contributed by atoms with Gasteiger partial charge in [0, 0.05) is 0 Å². The summed E-state index contributed by atoms with van der Waals surface area (Å²) < 4.78 is 1.11. The molecular weight excluding hydrogens is 274 g/mol. The second-order valence-electron chi connectivity index (χ2n) is 2.10. The Morgan fingerprint density at radius 1 is 1.25 bits per heavy atom. The molecule has 0 aliphatic heterocycles. The molecule has 6 radical (unpaired) electrons. The van der Waals surface area contributed by atoms with Crippen LogP contribution < -0.4 is 0 Å². The monoisotopic (exact) mass is 282 g/mol. The molecule has 0 aromatic heterocycles. The van der Waals surface area contributed by atoms with Crippen LogP contribution in [-0.4, -0.2) is 25.6 Å². The van der Waals surface area contributed by atoms with E-state index >= 15 is 0 Å². The smallest absolute Gasteiger partial charge is 0.281 e. The summed E-state index contributed by atoms with van der Waals surface area (Å²) in [4.78, 5) is 32.7. The number of carbonyl (C=O) groups is 1. The minimum Gasteiger partial charge on any atom is -0.281 e. The normalized spacial score (nSPS) is 12.0. The third-order valence-electron chi connectivity index (χ3n) is 1.31. The maximum Gasteiger partial charge on any atom is 0.281 e. The molecule has 0 fully saturated rings. The zero-order valence-electron chi connectivity index (χ0n) is 8.33. The van der Waals surface area contributed by atoms with Crippen molar-refractivity contribution < 1.29 is 32.2 Å². The number of rotatable bonds is 2. The molecule has 0 saturated heterocycles. The molecule has 0 unspecified atom stereocenters. The van der Waals surface area contributed by atoms with E-state index in [2.05, 4.69) is 26.4 Å². The Morgan fingerprint density at radius 3 is 1.94 bits per heavy atom. The maximum absolute atomic E-state index is 10.2. The molecule has 1 aliphatic carbocycles. The largest absolute Gasteiger partial charge is 0.281 e. The molecule has 0 aromatic rings. The maximum atomic E-state index is 10.2. The van der Waals surface area contributed by atoms with Gasteiger partial charge in [-0.15, -0.1) is 0 Å². The summed E-state index contributed by atoms with van der Waals surface area (Å²) in [5.74, 6) is 0. The van der Waals surface area contributed by atoms with E-state index in [-0.39, 0.29) is 0 Å². The molecule has 0 aromatic carbocycles. The first kappa shape index (κ1) is 20.4. The van der Waals surface area contributed by atoms with Gasteiger partial charge in [0.15, 0.2) is 0 Å². The fourth-order valence-electron chi connectivity index (χ4n) is 0.806. The first-order valence-corrected chi connectivity index (χ1v) is 6.42. The second kappa shape index (κ2) is 16.4. The van der Waals surface area contributed by atoms with Crippen LogP contribution in [0.3, 0.4) is 0 Å². The van der Waals surface area contributed by atoms with Crippen molar-refractivity contribution >= 4 is 35.6 Å². The van der Waals surface area contributed by atoms with Crippen molar-refractivity contribution in [3.05, 3.63) is 22.2 Å². The van der Waals surface area contributed by atoms with Crippen LogP contribution in [0.5, 0.6) is 0 Å². The minimum absolute atomic E-state index is 0.868. The summed E-state index contributed by atoms with van der Waals surface area (Å²) in [6.45, 7) is 15.5. The molecule has 4 nitrogen and oxygen atoms in total. The molecule has 86 valence electrons. The third-order valence-corrected chi connectivity index (χ3v) is 3.73. The van der Waals surface area contributed by atoms with E-state index in [4.69, 9.17) is 24.5 Å². The summed E-state index contributed by atoms with van der Waals surface area (Å²) >= 11 is -1.36. The van der Waals surface area contributed by atoms with Crippen LogP contribution in [0.2, 0.25) is 0 Å². The van der Waals surface area contributed by atoms with Gasteiger partial charge < -0.3 is 0 Å². The number of hydrogen-bond donors (Lipinski definition) is 0. The quantitative estimate of drug-likeness (QED) is 0.559. The molecule has 0 bridgehead atoms. The second-order valence-corrected chi connectivity index (χ2v) is 5.22. The molecule has 0 atom stereocenters. The summed E-state index contributed by atoms with van der Waals surface area (Å²) in [5.41, 5.74) is 1.22. The van der Waals surface area contributed by atoms with Gasteiger partial charge in [-0.25, -0.2) is 0 Å². The number of allylic oxidation sites excluding steroid dienone is 4. The molecule has 0 spiro atoms. The zero-order valence-corrected chi connectivity index (χ0v) is 10.3. The van der Waals surface area contributed by atoms with Crippen molar-refractivity contribution in [1.29, 1.82) is 0 Å². The van der Waals surface area contributed by atoms with Crippen molar-refractivity contribution in [3.8, 4) is 0 Å². The van der Waals surface area contributed by atoms with Crippen molar-refractivity contribution in [3.63, 3.8) is 0 Å². The standard InChI is InChI=1S/C6H7.CHO.3CO.ClH.Mn/c1-6-4-2-3-5-6;4*1-2;;/h4-5H,2H2,1H3;1H;;;;1H;/q;;;;;;+1/p-1. The first-order chi connectivity index (χ1) is 7.74. The summed E-state index contributed by atoms with van der Waals surface area (Å²) in [7, 11) is 5.77. The van der Waals surface area contributed by atoms with Crippen LogP contribution in [-0.2, 0) is 32.2 Å². The van der Waals surface area contributed by atoms with Crippen molar-refractivity contribution in [2.24, 2.45) is 0 Å². The molecule has 0 heterocycles. The number of halogens is 1. The van der Waals surface area contributed by atoms with Gasteiger partial charge in [-0.3, -0.25) is 14.4 Å². The average Bonchev–Trinajstić information content (AvgIpc) is 2.82. The van der Waals surface area contributed by atoms with Crippen LogP contribution in [0.1, 0.15) is 13.3 Å². The van der Waals surface area contributed by atoms with Gasteiger partial charge in [0.1, 0.15) is 0 Å². The van der Waals surface area contributed by atoms with Gasteiger partial charge in [-0.05, 0) is 0 Å². The van der Waals surface area contributed by atoms with E-state index in [1.165, 1.54) is 5.57 Å². The van der Waals surface area contributed by atoms with E-state index in [9.17, 15) is 4.79 Å². The molecule has 1 rings (SSSR count). The average molecular weight is 283 g/mol. The van der Waals surface area contributed by atoms with Crippen molar-refractivity contribution in [2.75, 3.05) is 0 Å². The van der Waals surface area contributed by atoms with E-state index in [0.717, 1.165) is 16.1 Å². The fraction of sp³-hybridized carbons (Fsp3) is 0.200. The zero-order chi connectivity index (χ0) is 13.6. The molecular formula is C10H8ClMnO4. The third kappa shape index (κ3) is 9.52. The predicted molar refractivity (Wildman–Crippen MR) is 56.1 cm³/mol. The van der Waals surface area contributed by atoms with Gasteiger partial charge in [0.25, 0.3) is 20.4 Å².